The third kappa shape index (κ3) is 9.19. The van der Waals surface area contributed by atoms with Gasteiger partial charge in [0.2, 0.25) is 0 Å². The van der Waals surface area contributed by atoms with Crippen molar-refractivity contribution in [3.63, 3.8) is 0 Å². The minimum atomic E-state index is 0. The predicted molar refractivity (Wildman–Crippen MR) is 29.6 cm³/mol. The normalized spacial score (nSPS) is 2.25. The molecule has 0 saturated heterocycles. The van der Waals surface area contributed by atoms with E-state index in [0.717, 1.165) is 0 Å². The molecule has 0 nitrogen and oxygen atoms in total. The van der Waals surface area contributed by atoms with Crippen molar-refractivity contribution in [1.29, 1.82) is 0 Å². The first-order valence-corrected chi connectivity index (χ1v) is 5.20. The van der Waals surface area contributed by atoms with Crippen molar-refractivity contribution in [2.24, 2.45) is 0 Å². The molecule has 0 aliphatic heterocycles. The molecule has 0 spiro atoms. The van der Waals surface area contributed by atoms with E-state index in [0.29, 0.717) is 0 Å². The molecule has 0 N–H and O–H groups in total. The van der Waals surface area contributed by atoms with Gasteiger partial charge in [0.05, 0.1) is 0 Å². The van der Waals surface area contributed by atoms with E-state index >= 15 is 0 Å². The molecule has 0 fully saturated rings. The maximum Gasteiger partial charge on any atom is 0.187 e. The minimum absolute atomic E-state index is 0. The molecule has 0 aromatic heterocycles. The quantitative estimate of drug-likeness (QED) is 0.282. The van der Waals surface area contributed by atoms with Crippen LogP contribution in [0, 0.1) is 0 Å². The van der Waals surface area contributed by atoms with E-state index in [-0.39, 0.29) is 36.8 Å². The summed E-state index contributed by atoms with van der Waals surface area (Å²) in [5.41, 5.74) is 0. The Balaban J connectivity index is -0.00000000500. The fourth-order valence-corrected chi connectivity index (χ4v) is 0. The van der Waals surface area contributed by atoms with Gasteiger partial charge in [-0.2, -0.15) is 8.79 Å². The van der Waals surface area contributed by atoms with E-state index in [2.05, 4.69) is 8.79 Å². The Morgan fingerprint density at radius 1 is 1.25 bits per heavy atom. The molecule has 0 radical (unpaired) electrons. The molecule has 0 rings (SSSR count). The van der Waals surface area contributed by atoms with Crippen molar-refractivity contribution in [3.05, 3.63) is 0 Å². The van der Waals surface area contributed by atoms with Gasteiger partial charge in [-0.1, -0.05) is 0 Å². The van der Waals surface area contributed by atoms with Crippen molar-refractivity contribution in [2.45, 2.75) is 0 Å². The van der Waals surface area contributed by atoms with Crippen molar-refractivity contribution in [3.8, 4) is 0 Å². The van der Waals surface area contributed by atoms with Crippen LogP contribution in [0.25, 0.3) is 0 Å². The molecule has 22 valence electrons. The van der Waals surface area contributed by atoms with Crippen LogP contribution in [0.15, 0.2) is 0 Å². The van der Waals surface area contributed by atoms with E-state index in [9.17, 15) is 0 Å². The second-order valence-electron chi connectivity index (χ2n) is 0. The van der Waals surface area contributed by atoms with Crippen molar-refractivity contribution in [1.82, 2.24) is 0 Å². The van der Waals surface area contributed by atoms with Crippen LogP contribution in [0.2, 0.25) is 0 Å². The van der Waals surface area contributed by atoms with Gasteiger partial charge >= 0.3 is 0 Å². The standard InChI is InChI=1S/Al.H5PSi.Zn.3H/c;1-2;;;;/h;1H2,2H3;;;;. The second kappa shape index (κ2) is 21.4. The summed E-state index contributed by atoms with van der Waals surface area (Å²) in [6, 6.07) is 0. The summed E-state index contributed by atoms with van der Waals surface area (Å²) in [4.78, 5) is 0. The molecule has 0 saturated carbocycles. The Labute approximate surface area is 55.5 Å². The zero-order valence-corrected chi connectivity index (χ0v) is 8.41. The first-order valence-electron chi connectivity index (χ1n) is 0.577. The summed E-state index contributed by atoms with van der Waals surface area (Å²) >= 11 is 0. The Kier molecular flexibility index (Phi) is 91.0. The molecule has 0 heterocycles. The first-order chi connectivity index (χ1) is 1.00. The smallest absolute Gasteiger partial charge is 0.159 e. The average Bonchev–Trinajstić information content (AvgIpc) is 1.00. The minimum Gasteiger partial charge on any atom is -0.159 e. The molecule has 1 unspecified atom stereocenters. The molecule has 4 heavy (non-hydrogen) atoms. The Morgan fingerprint density at radius 2 is 1.25 bits per heavy atom. The summed E-state index contributed by atoms with van der Waals surface area (Å²) in [6.45, 7) is 0. The Morgan fingerprint density at radius 3 is 1.25 bits per heavy atom. The molecule has 0 aliphatic carbocycles. The molecule has 0 aromatic rings. The Bertz CT molecular complexity index is 8.00. The average molecular weight is 159 g/mol. The summed E-state index contributed by atoms with van der Waals surface area (Å²) in [6.07, 6.45) is 0. The van der Waals surface area contributed by atoms with E-state index in [1.54, 1.807) is 0 Å². The van der Waals surface area contributed by atoms with Gasteiger partial charge in [-0.25, -0.2) is 0 Å². The van der Waals surface area contributed by atoms with Crippen LogP contribution in [0.1, 0.15) is 0 Å². The maximum absolute atomic E-state index is 2.56. The summed E-state index contributed by atoms with van der Waals surface area (Å²) in [5, 5.41) is 0. The SMILES string of the molecule is [AlH3].[SiH3]P.[Zn]. The van der Waals surface area contributed by atoms with Crippen molar-refractivity contribution < 1.29 is 19.5 Å². The molecular formula is H8AlPSiZn. The predicted octanol–water partition coefficient (Wildman–Crippen LogP) is -2.04. The van der Waals surface area contributed by atoms with Crippen molar-refractivity contribution >= 4 is 36.1 Å². The van der Waals surface area contributed by atoms with Gasteiger partial charge in [0.25, 0.3) is 0 Å². The molecule has 0 aromatic carbocycles. The molecule has 4 heteroatoms. The van der Waals surface area contributed by atoms with Gasteiger partial charge in [-0.05, 0) is 0 Å². The van der Waals surface area contributed by atoms with Gasteiger partial charge in [0.1, 0.15) is 0 Å². The van der Waals surface area contributed by atoms with E-state index in [1.165, 1.54) is 9.91 Å². The van der Waals surface area contributed by atoms with E-state index in [1.807, 2.05) is 0 Å². The largest absolute Gasteiger partial charge is 0.187 e. The van der Waals surface area contributed by atoms with Crippen LogP contribution < -0.4 is 0 Å². The topological polar surface area (TPSA) is 0 Å². The number of hydrogen-bond donors (Lipinski definition) is 0. The van der Waals surface area contributed by atoms with Crippen LogP contribution in [-0.2, 0) is 19.5 Å². The maximum atomic E-state index is 2.56. The summed E-state index contributed by atoms with van der Waals surface area (Å²) < 4.78 is 0. The monoisotopic (exact) mass is 158 g/mol. The van der Waals surface area contributed by atoms with Gasteiger partial charge < -0.3 is 0 Å². The van der Waals surface area contributed by atoms with Crippen LogP contribution in [0.3, 0.4) is 0 Å². The second-order valence-corrected chi connectivity index (χ2v) is 0. The molecule has 0 bridgehead atoms. The molecule has 0 aliphatic rings. The fraction of sp³-hybridized carbons (Fsp3) is 0. The molecular weight excluding hydrogens is 151 g/mol. The van der Waals surface area contributed by atoms with Gasteiger partial charge in [0, 0.05) is 29.4 Å². The van der Waals surface area contributed by atoms with Gasteiger partial charge in [-0.3, -0.25) is 0 Å². The number of rotatable bonds is 0. The van der Waals surface area contributed by atoms with E-state index < -0.39 is 0 Å². The number of hydrogen-bond acceptors (Lipinski definition) is 0. The molecule has 1 atom stereocenters. The third-order valence-electron chi connectivity index (χ3n) is 0. The van der Waals surface area contributed by atoms with Gasteiger partial charge in [-0.15, -0.1) is 0 Å². The molecule has 0 amide bonds. The zero-order chi connectivity index (χ0) is 2.00. The third-order valence-corrected chi connectivity index (χ3v) is 0. The van der Waals surface area contributed by atoms with Crippen LogP contribution in [0.5, 0.6) is 0 Å². The Hall–Kier alpha value is 1.80. The van der Waals surface area contributed by atoms with Crippen LogP contribution in [-0.4, -0.2) is 27.3 Å². The van der Waals surface area contributed by atoms with E-state index in [4.69, 9.17) is 0 Å². The van der Waals surface area contributed by atoms with Crippen molar-refractivity contribution in [2.75, 3.05) is 0 Å². The summed E-state index contributed by atoms with van der Waals surface area (Å²) in [5.74, 6) is 0. The van der Waals surface area contributed by atoms with Gasteiger partial charge in [0.15, 0.2) is 17.4 Å². The van der Waals surface area contributed by atoms with Crippen LogP contribution in [0.4, 0.5) is 0 Å². The van der Waals surface area contributed by atoms with Crippen LogP contribution >= 0.6 is 8.79 Å². The summed E-state index contributed by atoms with van der Waals surface area (Å²) in [7, 11) is 3.78. The fourth-order valence-electron chi connectivity index (χ4n) is 0. The zero-order valence-electron chi connectivity index (χ0n) is 2.28. The first kappa shape index (κ1) is 17.0.